The van der Waals surface area contributed by atoms with Gasteiger partial charge in [-0.3, -0.25) is 4.79 Å². The van der Waals surface area contributed by atoms with Crippen LogP contribution in [0.3, 0.4) is 0 Å². The molecule has 0 fully saturated rings. The van der Waals surface area contributed by atoms with Gasteiger partial charge < -0.3 is 15.4 Å². The third-order valence-electron chi connectivity index (χ3n) is 3.01. The molecule has 0 saturated heterocycles. The Balaban J connectivity index is 2.89. The van der Waals surface area contributed by atoms with Crippen LogP contribution >= 0.6 is 0 Å². The number of nitriles is 1. The number of hydrogen-bond donors (Lipinski definition) is 2. The average molecular weight is 331 g/mol. The summed E-state index contributed by atoms with van der Waals surface area (Å²) in [5.74, 6) is -0.434. The summed E-state index contributed by atoms with van der Waals surface area (Å²) in [6.07, 6.45) is -0.374. The Kier molecular flexibility index (Phi) is 6.35. The molecule has 1 rings (SSSR count). The second kappa shape index (κ2) is 7.82. The first-order chi connectivity index (χ1) is 11.0. The minimum Gasteiger partial charge on any atom is -0.444 e. The lowest BCUT2D eigenvalue weighted by Gasteiger charge is -2.25. The van der Waals surface area contributed by atoms with E-state index in [1.165, 1.54) is 0 Å². The third kappa shape index (κ3) is 7.14. The van der Waals surface area contributed by atoms with Crippen molar-refractivity contribution in [1.82, 2.24) is 10.6 Å². The minimum absolute atomic E-state index is 0.299. The monoisotopic (exact) mass is 331 g/mol. The van der Waals surface area contributed by atoms with Gasteiger partial charge in [0.2, 0.25) is 5.91 Å². The highest BCUT2D eigenvalue weighted by molar-refractivity contribution is 5.86. The first-order valence-corrected chi connectivity index (χ1v) is 7.79. The van der Waals surface area contributed by atoms with Gasteiger partial charge in [-0.2, -0.15) is 5.26 Å². The first-order valence-electron chi connectivity index (χ1n) is 7.79. The van der Waals surface area contributed by atoms with Crippen molar-refractivity contribution >= 4 is 12.0 Å². The minimum atomic E-state index is -1.03. The zero-order chi connectivity index (χ0) is 18.4. The highest BCUT2D eigenvalue weighted by Crippen LogP contribution is 2.09. The SMILES string of the molecule is CC(C)(C#N)NC(=O)C(Cc1ccccc1)NC(=O)OC(C)(C)C. The molecular weight excluding hydrogens is 306 g/mol. The van der Waals surface area contributed by atoms with E-state index in [2.05, 4.69) is 10.6 Å². The lowest BCUT2D eigenvalue weighted by Crippen LogP contribution is -2.54. The lowest BCUT2D eigenvalue weighted by molar-refractivity contribution is -0.124. The molecule has 24 heavy (non-hydrogen) atoms. The van der Waals surface area contributed by atoms with E-state index in [1.54, 1.807) is 34.6 Å². The van der Waals surface area contributed by atoms with E-state index < -0.39 is 29.2 Å². The maximum Gasteiger partial charge on any atom is 0.408 e. The summed E-state index contributed by atoms with van der Waals surface area (Å²) in [6, 6.07) is 10.5. The number of benzene rings is 1. The number of alkyl carbamates (subject to hydrolysis) is 1. The third-order valence-corrected chi connectivity index (χ3v) is 3.01. The number of nitrogens with zero attached hydrogens (tertiary/aromatic N) is 1. The van der Waals surface area contributed by atoms with Gasteiger partial charge in [0.1, 0.15) is 17.2 Å². The Morgan fingerprint density at radius 2 is 1.75 bits per heavy atom. The summed E-state index contributed by atoms with van der Waals surface area (Å²) >= 11 is 0. The summed E-state index contributed by atoms with van der Waals surface area (Å²) in [4.78, 5) is 24.5. The molecule has 0 aliphatic carbocycles. The van der Waals surface area contributed by atoms with E-state index in [-0.39, 0.29) is 0 Å². The van der Waals surface area contributed by atoms with Crippen molar-refractivity contribution in [3.63, 3.8) is 0 Å². The first kappa shape index (κ1) is 19.5. The maximum atomic E-state index is 12.5. The largest absolute Gasteiger partial charge is 0.444 e. The maximum absolute atomic E-state index is 12.5. The smallest absolute Gasteiger partial charge is 0.408 e. The van der Waals surface area contributed by atoms with Crippen LogP contribution in [0.15, 0.2) is 30.3 Å². The standard InChI is InChI=1S/C18H25N3O3/c1-17(2,3)24-16(23)20-14(11-13-9-7-6-8-10-13)15(22)21-18(4,5)12-19/h6-10,14H,11H2,1-5H3,(H,20,23)(H,21,22). The van der Waals surface area contributed by atoms with E-state index >= 15 is 0 Å². The molecule has 6 nitrogen and oxygen atoms in total. The molecule has 0 spiro atoms. The molecule has 0 bridgehead atoms. The molecule has 0 radical (unpaired) electrons. The number of amides is 2. The van der Waals surface area contributed by atoms with Gasteiger partial charge in [-0.05, 0) is 40.2 Å². The molecule has 130 valence electrons. The van der Waals surface area contributed by atoms with E-state index in [0.717, 1.165) is 5.56 Å². The second-order valence-corrected chi connectivity index (χ2v) is 7.11. The molecule has 0 heterocycles. The highest BCUT2D eigenvalue weighted by Gasteiger charge is 2.28. The Hall–Kier alpha value is -2.55. The predicted molar refractivity (Wildman–Crippen MR) is 91.1 cm³/mol. The van der Waals surface area contributed by atoms with Crippen molar-refractivity contribution < 1.29 is 14.3 Å². The molecule has 2 N–H and O–H groups in total. The van der Waals surface area contributed by atoms with Gasteiger partial charge in [0.25, 0.3) is 0 Å². The van der Waals surface area contributed by atoms with E-state index in [1.807, 2.05) is 36.4 Å². The van der Waals surface area contributed by atoms with Gasteiger partial charge in [0.15, 0.2) is 0 Å². The Bertz CT molecular complexity index is 613. The van der Waals surface area contributed by atoms with Crippen LogP contribution in [0.5, 0.6) is 0 Å². The summed E-state index contributed by atoms with van der Waals surface area (Å²) in [7, 11) is 0. The number of hydrogen-bond acceptors (Lipinski definition) is 4. The van der Waals surface area contributed by atoms with Crippen molar-refractivity contribution in [3.05, 3.63) is 35.9 Å². The normalized spacial score (nSPS) is 12.7. The average Bonchev–Trinajstić information content (AvgIpc) is 2.45. The van der Waals surface area contributed by atoms with Crippen LogP contribution in [0.25, 0.3) is 0 Å². The molecule has 1 aromatic carbocycles. The number of rotatable bonds is 5. The fraction of sp³-hybridized carbons (Fsp3) is 0.500. The summed E-state index contributed by atoms with van der Waals surface area (Å²) in [6.45, 7) is 8.43. The second-order valence-electron chi connectivity index (χ2n) is 7.11. The molecule has 1 unspecified atom stereocenters. The molecule has 6 heteroatoms. The highest BCUT2D eigenvalue weighted by atomic mass is 16.6. The topological polar surface area (TPSA) is 91.2 Å². The molecule has 0 aromatic heterocycles. The Morgan fingerprint density at radius 3 is 2.25 bits per heavy atom. The quantitative estimate of drug-likeness (QED) is 0.867. The zero-order valence-corrected chi connectivity index (χ0v) is 14.8. The fourth-order valence-electron chi connectivity index (χ4n) is 1.93. The van der Waals surface area contributed by atoms with Crippen molar-refractivity contribution in [2.75, 3.05) is 0 Å². The summed E-state index contributed by atoms with van der Waals surface area (Å²) in [5.41, 5.74) is -0.797. The summed E-state index contributed by atoms with van der Waals surface area (Å²) in [5, 5.41) is 14.3. The Morgan fingerprint density at radius 1 is 1.17 bits per heavy atom. The van der Waals surface area contributed by atoms with Crippen molar-refractivity contribution in [3.8, 4) is 6.07 Å². The molecule has 1 aromatic rings. The Labute approximate surface area is 143 Å². The number of nitrogens with one attached hydrogen (secondary N) is 2. The van der Waals surface area contributed by atoms with Crippen LogP contribution in [0, 0.1) is 11.3 Å². The predicted octanol–water partition coefficient (Wildman–Crippen LogP) is 2.54. The number of carbonyl (C=O) groups excluding carboxylic acids is 2. The molecule has 1 atom stereocenters. The van der Waals surface area contributed by atoms with Crippen LogP contribution in [0.1, 0.15) is 40.2 Å². The van der Waals surface area contributed by atoms with E-state index in [4.69, 9.17) is 10.00 Å². The van der Waals surface area contributed by atoms with Gasteiger partial charge >= 0.3 is 6.09 Å². The van der Waals surface area contributed by atoms with Crippen molar-refractivity contribution in [2.45, 2.75) is 58.2 Å². The van der Waals surface area contributed by atoms with Crippen molar-refractivity contribution in [1.29, 1.82) is 5.26 Å². The van der Waals surface area contributed by atoms with Gasteiger partial charge in [-0.25, -0.2) is 4.79 Å². The molecule has 2 amide bonds. The van der Waals surface area contributed by atoms with E-state index in [0.29, 0.717) is 6.42 Å². The number of carbonyl (C=O) groups is 2. The molecule has 0 aliphatic rings. The zero-order valence-electron chi connectivity index (χ0n) is 14.8. The lowest BCUT2D eigenvalue weighted by atomic mass is 10.0. The van der Waals surface area contributed by atoms with Crippen LogP contribution in [-0.2, 0) is 16.0 Å². The molecule has 0 saturated carbocycles. The van der Waals surface area contributed by atoms with Gasteiger partial charge in [0, 0.05) is 6.42 Å². The number of ether oxygens (including phenoxy) is 1. The summed E-state index contributed by atoms with van der Waals surface area (Å²) < 4.78 is 5.22. The fourth-order valence-corrected chi connectivity index (χ4v) is 1.93. The molecule has 0 aliphatic heterocycles. The van der Waals surface area contributed by atoms with Crippen LogP contribution in [0.2, 0.25) is 0 Å². The van der Waals surface area contributed by atoms with Crippen molar-refractivity contribution in [2.24, 2.45) is 0 Å². The van der Waals surface area contributed by atoms with Gasteiger partial charge in [-0.15, -0.1) is 0 Å². The molecular formula is C18H25N3O3. The van der Waals surface area contributed by atoms with Crippen LogP contribution in [0.4, 0.5) is 4.79 Å². The van der Waals surface area contributed by atoms with E-state index in [9.17, 15) is 9.59 Å². The van der Waals surface area contributed by atoms with Gasteiger partial charge in [-0.1, -0.05) is 30.3 Å². The van der Waals surface area contributed by atoms with Crippen LogP contribution < -0.4 is 10.6 Å². The van der Waals surface area contributed by atoms with Gasteiger partial charge in [0.05, 0.1) is 6.07 Å². The van der Waals surface area contributed by atoms with Crippen LogP contribution in [-0.4, -0.2) is 29.2 Å².